The highest BCUT2D eigenvalue weighted by Crippen LogP contribution is 2.25. The van der Waals surface area contributed by atoms with E-state index >= 15 is 0 Å². The van der Waals surface area contributed by atoms with Crippen molar-refractivity contribution in [3.63, 3.8) is 0 Å². The highest BCUT2D eigenvalue weighted by molar-refractivity contribution is 5.53. The zero-order valence-corrected chi connectivity index (χ0v) is 10.5. The van der Waals surface area contributed by atoms with Crippen molar-refractivity contribution >= 4 is 11.4 Å². The number of nitro groups is 1. The number of hydrogen-bond acceptors (Lipinski definition) is 3. The summed E-state index contributed by atoms with van der Waals surface area (Å²) in [6, 6.07) is 10.9. The molecule has 0 saturated heterocycles. The first kappa shape index (κ1) is 13.9. The number of nitro benzene ring substituents is 1. The minimum Gasteiger partial charge on any atom is -0.382 e. The SMILES string of the molecule is O=[N+]([O-])c1cc(NCCc2ccccc2)c(F)cc1F. The van der Waals surface area contributed by atoms with Gasteiger partial charge in [-0.3, -0.25) is 10.1 Å². The van der Waals surface area contributed by atoms with Crippen molar-refractivity contribution in [2.24, 2.45) is 0 Å². The fourth-order valence-electron chi connectivity index (χ4n) is 1.80. The van der Waals surface area contributed by atoms with Crippen LogP contribution in [0.4, 0.5) is 20.2 Å². The van der Waals surface area contributed by atoms with Crippen LogP contribution in [0, 0.1) is 21.7 Å². The Kier molecular flexibility index (Phi) is 4.24. The van der Waals surface area contributed by atoms with Crippen LogP contribution in [0.5, 0.6) is 0 Å². The molecular formula is C14H12F2N2O2. The molecule has 0 bridgehead atoms. The highest BCUT2D eigenvalue weighted by Gasteiger charge is 2.18. The fourth-order valence-corrected chi connectivity index (χ4v) is 1.80. The second-order valence-corrected chi connectivity index (χ2v) is 4.20. The van der Waals surface area contributed by atoms with Gasteiger partial charge in [0.2, 0.25) is 5.82 Å². The molecule has 0 amide bonds. The largest absolute Gasteiger partial charge is 0.382 e. The van der Waals surface area contributed by atoms with Crippen LogP contribution in [0.15, 0.2) is 42.5 Å². The standard InChI is InChI=1S/C14H12F2N2O2/c15-11-8-12(16)14(18(19)20)9-13(11)17-7-6-10-4-2-1-3-5-10/h1-5,8-9,17H,6-7H2. The molecular weight excluding hydrogens is 266 g/mol. The monoisotopic (exact) mass is 278 g/mol. The minimum absolute atomic E-state index is 0.0750. The molecule has 0 radical (unpaired) electrons. The predicted molar refractivity (Wildman–Crippen MR) is 71.6 cm³/mol. The first-order valence-electron chi connectivity index (χ1n) is 5.99. The minimum atomic E-state index is -1.18. The molecule has 0 aliphatic carbocycles. The molecule has 2 rings (SSSR count). The predicted octanol–water partition coefficient (Wildman–Crippen LogP) is 3.53. The van der Waals surface area contributed by atoms with Gasteiger partial charge in [0, 0.05) is 18.7 Å². The van der Waals surface area contributed by atoms with Gasteiger partial charge in [-0.15, -0.1) is 0 Å². The molecule has 0 unspecified atom stereocenters. The summed E-state index contributed by atoms with van der Waals surface area (Å²) < 4.78 is 26.7. The van der Waals surface area contributed by atoms with Gasteiger partial charge in [0.05, 0.1) is 10.6 Å². The molecule has 6 heteroatoms. The van der Waals surface area contributed by atoms with E-state index in [4.69, 9.17) is 0 Å². The first-order chi connectivity index (χ1) is 9.58. The van der Waals surface area contributed by atoms with E-state index in [9.17, 15) is 18.9 Å². The zero-order chi connectivity index (χ0) is 14.5. The van der Waals surface area contributed by atoms with Crippen molar-refractivity contribution in [2.75, 3.05) is 11.9 Å². The lowest BCUT2D eigenvalue weighted by atomic mass is 10.1. The number of nitrogens with one attached hydrogen (secondary N) is 1. The van der Waals surface area contributed by atoms with Gasteiger partial charge in [-0.1, -0.05) is 30.3 Å². The average molecular weight is 278 g/mol. The first-order valence-corrected chi connectivity index (χ1v) is 5.99. The van der Waals surface area contributed by atoms with Crippen molar-refractivity contribution in [2.45, 2.75) is 6.42 Å². The number of hydrogen-bond donors (Lipinski definition) is 1. The smallest absolute Gasteiger partial charge is 0.307 e. The van der Waals surface area contributed by atoms with E-state index in [-0.39, 0.29) is 5.69 Å². The van der Waals surface area contributed by atoms with Gasteiger partial charge in [-0.25, -0.2) is 4.39 Å². The Morgan fingerprint density at radius 2 is 1.80 bits per heavy atom. The molecule has 0 spiro atoms. The molecule has 0 fully saturated rings. The lowest BCUT2D eigenvalue weighted by Gasteiger charge is -2.08. The van der Waals surface area contributed by atoms with Crippen LogP contribution in [0.2, 0.25) is 0 Å². The molecule has 2 aromatic rings. The molecule has 20 heavy (non-hydrogen) atoms. The van der Waals surface area contributed by atoms with Crippen molar-refractivity contribution in [1.29, 1.82) is 0 Å². The summed E-state index contributed by atoms with van der Waals surface area (Å²) in [7, 11) is 0. The Morgan fingerprint density at radius 3 is 2.45 bits per heavy atom. The third kappa shape index (κ3) is 3.28. The molecule has 0 aliphatic heterocycles. The third-order valence-corrected chi connectivity index (χ3v) is 2.81. The van der Waals surface area contributed by atoms with Crippen LogP contribution in [0.25, 0.3) is 0 Å². The van der Waals surface area contributed by atoms with Crippen LogP contribution < -0.4 is 5.32 Å². The number of anilines is 1. The van der Waals surface area contributed by atoms with Crippen LogP contribution >= 0.6 is 0 Å². The molecule has 2 aromatic carbocycles. The average Bonchev–Trinajstić information content (AvgIpc) is 2.42. The zero-order valence-electron chi connectivity index (χ0n) is 10.5. The maximum Gasteiger partial charge on any atom is 0.307 e. The van der Waals surface area contributed by atoms with Crippen molar-refractivity contribution in [3.8, 4) is 0 Å². The molecule has 4 nitrogen and oxygen atoms in total. The van der Waals surface area contributed by atoms with Gasteiger partial charge in [-0.2, -0.15) is 4.39 Å². The maximum atomic E-state index is 13.5. The van der Waals surface area contributed by atoms with Gasteiger partial charge < -0.3 is 5.32 Å². The van der Waals surface area contributed by atoms with Gasteiger partial charge >= 0.3 is 5.69 Å². The summed E-state index contributed by atoms with van der Waals surface area (Å²) in [6.45, 7) is 0.393. The highest BCUT2D eigenvalue weighted by atomic mass is 19.1. The number of rotatable bonds is 5. The topological polar surface area (TPSA) is 55.2 Å². The van der Waals surface area contributed by atoms with E-state index in [0.29, 0.717) is 19.0 Å². The molecule has 0 saturated carbocycles. The fraction of sp³-hybridized carbons (Fsp3) is 0.143. The summed E-state index contributed by atoms with van der Waals surface area (Å²) in [5.41, 5.74) is 0.236. The second-order valence-electron chi connectivity index (χ2n) is 4.20. The Morgan fingerprint density at radius 1 is 1.10 bits per heavy atom. The molecule has 104 valence electrons. The molecule has 0 atom stereocenters. The van der Waals surface area contributed by atoms with Gasteiger partial charge in [-0.05, 0) is 12.0 Å². The summed E-state index contributed by atoms with van der Waals surface area (Å²) in [4.78, 5) is 9.72. The van der Waals surface area contributed by atoms with E-state index in [1.165, 1.54) is 0 Å². The third-order valence-electron chi connectivity index (χ3n) is 2.81. The lowest BCUT2D eigenvalue weighted by molar-refractivity contribution is -0.387. The van der Waals surface area contributed by atoms with Crippen molar-refractivity contribution < 1.29 is 13.7 Å². The normalized spacial score (nSPS) is 10.3. The van der Waals surface area contributed by atoms with Crippen LogP contribution in [0.1, 0.15) is 5.56 Å². The molecule has 0 heterocycles. The Hall–Kier alpha value is -2.50. The number of halogens is 2. The van der Waals surface area contributed by atoms with Gasteiger partial charge in [0.15, 0.2) is 0 Å². The van der Waals surface area contributed by atoms with Gasteiger partial charge in [0.1, 0.15) is 5.82 Å². The van der Waals surface area contributed by atoms with Crippen LogP contribution in [-0.2, 0) is 6.42 Å². The van der Waals surface area contributed by atoms with E-state index in [0.717, 1.165) is 11.6 Å². The van der Waals surface area contributed by atoms with Crippen molar-refractivity contribution in [3.05, 3.63) is 69.8 Å². The van der Waals surface area contributed by atoms with E-state index in [2.05, 4.69) is 5.32 Å². The summed E-state index contributed by atoms with van der Waals surface area (Å²) in [5.74, 6) is -2.03. The number of benzene rings is 2. The van der Waals surface area contributed by atoms with E-state index in [1.807, 2.05) is 30.3 Å². The quantitative estimate of drug-likeness (QED) is 0.672. The summed E-state index contributed by atoms with van der Waals surface area (Å²) in [5, 5.41) is 13.3. The number of nitrogens with zero attached hydrogens (tertiary/aromatic N) is 1. The van der Waals surface area contributed by atoms with Gasteiger partial charge in [0.25, 0.3) is 0 Å². The lowest BCUT2D eigenvalue weighted by Crippen LogP contribution is -2.07. The van der Waals surface area contributed by atoms with Crippen LogP contribution in [-0.4, -0.2) is 11.5 Å². The molecule has 0 aliphatic rings. The summed E-state index contributed by atoms with van der Waals surface area (Å²) in [6.07, 6.45) is 0.630. The molecule has 0 aromatic heterocycles. The summed E-state index contributed by atoms with van der Waals surface area (Å²) >= 11 is 0. The second kappa shape index (κ2) is 6.10. The Balaban J connectivity index is 2.06. The van der Waals surface area contributed by atoms with E-state index < -0.39 is 22.2 Å². The maximum absolute atomic E-state index is 13.5. The van der Waals surface area contributed by atoms with E-state index in [1.54, 1.807) is 0 Å². The Bertz CT molecular complexity index is 618. The molecule has 1 N–H and O–H groups in total. The van der Waals surface area contributed by atoms with Crippen LogP contribution in [0.3, 0.4) is 0 Å². The van der Waals surface area contributed by atoms with Crippen molar-refractivity contribution in [1.82, 2.24) is 0 Å². The Labute approximate surface area is 114 Å².